The molecule has 1 aromatic carbocycles. The normalized spacial score (nSPS) is 10.1. The molecular weight excluding hydrogens is 184 g/mol. The number of hydrogen-bond donors (Lipinski definition) is 3. The molecule has 4 heteroatoms. The van der Waals surface area contributed by atoms with Crippen LogP contribution < -0.4 is 4.74 Å². The van der Waals surface area contributed by atoms with Gasteiger partial charge in [-0.2, -0.15) is 0 Å². The molecule has 0 bridgehead atoms. The summed E-state index contributed by atoms with van der Waals surface area (Å²) >= 11 is 0. The van der Waals surface area contributed by atoms with E-state index in [9.17, 15) is 10.2 Å². The lowest BCUT2D eigenvalue weighted by Gasteiger charge is -2.04. The van der Waals surface area contributed by atoms with Gasteiger partial charge in [-0.05, 0) is 12.1 Å². The standard InChI is InChI=1S/C10H10O4/c1-14-10-8(12)5-4-7(9(10)13)3-2-6-11/h2-3,11-13H,6H2,1H3/b3-2+. The first-order valence-corrected chi connectivity index (χ1v) is 3.91. The molecule has 0 amide bonds. The first-order valence-electron chi connectivity index (χ1n) is 3.91. The summed E-state index contributed by atoms with van der Waals surface area (Å²) in [4.78, 5) is 0. The molecule has 1 aromatic rings. The lowest BCUT2D eigenvalue weighted by Crippen LogP contribution is -1.85. The van der Waals surface area contributed by atoms with Gasteiger partial charge in [-0.1, -0.05) is 12.1 Å². The maximum Gasteiger partial charge on any atom is 0.214 e. The van der Waals surface area contributed by atoms with Gasteiger partial charge in [0.2, 0.25) is 11.5 Å². The Labute approximate surface area is 81.7 Å². The first kappa shape index (κ1) is 10.2. The Morgan fingerprint density at radius 1 is 1.36 bits per heavy atom. The zero-order chi connectivity index (χ0) is 10.6. The highest BCUT2D eigenvalue weighted by molar-refractivity contribution is 5.62. The van der Waals surface area contributed by atoms with Crippen molar-refractivity contribution < 1.29 is 20.1 Å². The van der Waals surface area contributed by atoms with E-state index in [1.165, 1.54) is 19.3 Å². The highest BCUT2D eigenvalue weighted by atomic mass is 16.5. The third kappa shape index (κ3) is 1.90. The van der Waals surface area contributed by atoms with Gasteiger partial charge < -0.3 is 20.1 Å². The Hall–Kier alpha value is -1.86. The van der Waals surface area contributed by atoms with Crippen LogP contribution in [-0.2, 0) is 0 Å². The van der Waals surface area contributed by atoms with Crippen LogP contribution in [0.25, 0.3) is 6.08 Å². The molecule has 0 atom stereocenters. The van der Waals surface area contributed by atoms with Gasteiger partial charge in [0.05, 0.1) is 19.3 Å². The summed E-state index contributed by atoms with van der Waals surface area (Å²) < 4.78 is 4.75. The van der Waals surface area contributed by atoms with Crippen molar-refractivity contribution in [1.29, 1.82) is 0 Å². The SMILES string of the molecule is COc1c(O)c#cc(/C=C/CO)c1O. The average Bonchev–Trinajstić information content (AvgIpc) is 2.18. The van der Waals surface area contributed by atoms with E-state index in [1.54, 1.807) is 0 Å². The van der Waals surface area contributed by atoms with Crippen molar-refractivity contribution >= 4 is 6.08 Å². The number of ether oxygens (including phenoxy) is 1. The maximum absolute atomic E-state index is 9.53. The van der Waals surface area contributed by atoms with Crippen molar-refractivity contribution in [3.8, 4) is 17.2 Å². The van der Waals surface area contributed by atoms with Gasteiger partial charge in [-0.3, -0.25) is 0 Å². The summed E-state index contributed by atoms with van der Waals surface area (Å²) in [6.07, 6.45) is 2.88. The summed E-state index contributed by atoms with van der Waals surface area (Å²) in [6.45, 7) is -0.142. The maximum atomic E-state index is 9.53. The van der Waals surface area contributed by atoms with Crippen LogP contribution in [0.3, 0.4) is 0 Å². The van der Waals surface area contributed by atoms with Gasteiger partial charge in [0.15, 0.2) is 5.75 Å². The van der Waals surface area contributed by atoms with Crippen molar-refractivity contribution in [2.45, 2.75) is 0 Å². The quantitative estimate of drug-likeness (QED) is 0.662. The third-order valence-corrected chi connectivity index (χ3v) is 1.59. The average molecular weight is 194 g/mol. The molecular formula is C10H10O4. The van der Waals surface area contributed by atoms with Gasteiger partial charge >= 0.3 is 0 Å². The third-order valence-electron chi connectivity index (χ3n) is 1.59. The van der Waals surface area contributed by atoms with Crippen molar-refractivity contribution in [3.63, 3.8) is 0 Å². The first-order chi connectivity index (χ1) is 6.70. The second kappa shape index (κ2) is 4.40. The van der Waals surface area contributed by atoms with Crippen LogP contribution in [0.1, 0.15) is 5.56 Å². The molecule has 14 heavy (non-hydrogen) atoms. The lowest BCUT2D eigenvalue weighted by molar-refractivity contribution is 0.342. The van der Waals surface area contributed by atoms with E-state index in [0.29, 0.717) is 5.56 Å². The van der Waals surface area contributed by atoms with Crippen LogP contribution in [0.5, 0.6) is 17.2 Å². The predicted octanol–water partition coefficient (Wildman–Crippen LogP) is 0.712. The molecule has 0 aromatic heterocycles. The fourth-order valence-electron chi connectivity index (χ4n) is 0.961. The van der Waals surface area contributed by atoms with E-state index in [-0.39, 0.29) is 23.9 Å². The number of aliphatic hydroxyl groups excluding tert-OH is 1. The van der Waals surface area contributed by atoms with E-state index in [0.717, 1.165) is 0 Å². The van der Waals surface area contributed by atoms with Gasteiger partial charge in [0.1, 0.15) is 0 Å². The van der Waals surface area contributed by atoms with Crippen LogP contribution >= 0.6 is 0 Å². The van der Waals surface area contributed by atoms with E-state index in [2.05, 4.69) is 12.1 Å². The van der Waals surface area contributed by atoms with Crippen molar-refractivity contribution in [2.75, 3.05) is 13.7 Å². The Morgan fingerprint density at radius 2 is 2.07 bits per heavy atom. The molecule has 74 valence electrons. The van der Waals surface area contributed by atoms with E-state index in [4.69, 9.17) is 9.84 Å². The molecule has 0 aliphatic carbocycles. The lowest BCUT2D eigenvalue weighted by atomic mass is 10.2. The fourth-order valence-corrected chi connectivity index (χ4v) is 0.961. The van der Waals surface area contributed by atoms with Crippen molar-refractivity contribution in [1.82, 2.24) is 0 Å². The van der Waals surface area contributed by atoms with E-state index >= 15 is 0 Å². The topological polar surface area (TPSA) is 69.9 Å². The number of hydrogen-bond acceptors (Lipinski definition) is 4. The van der Waals surface area contributed by atoms with Crippen LogP contribution in [-0.4, -0.2) is 29.0 Å². The van der Waals surface area contributed by atoms with Crippen LogP contribution in [0.2, 0.25) is 0 Å². The summed E-state index contributed by atoms with van der Waals surface area (Å²) in [5.74, 6) is -0.582. The molecule has 3 N–H and O–H groups in total. The van der Waals surface area contributed by atoms with Crippen molar-refractivity contribution in [3.05, 3.63) is 23.8 Å². The number of aliphatic hydroxyl groups is 1. The largest absolute Gasteiger partial charge is 0.503 e. The second-order valence-corrected chi connectivity index (χ2v) is 2.48. The monoisotopic (exact) mass is 194 g/mol. The predicted molar refractivity (Wildman–Crippen MR) is 50.1 cm³/mol. The number of aromatic hydroxyl groups is 2. The summed E-state index contributed by atoms with van der Waals surface area (Å²) in [5.41, 5.74) is 0.300. The summed E-state index contributed by atoms with van der Waals surface area (Å²) in [7, 11) is 1.32. The molecule has 1 rings (SSSR count). The fraction of sp³-hybridized carbons (Fsp3) is 0.200. The minimum absolute atomic E-state index is 0.0543. The second-order valence-electron chi connectivity index (χ2n) is 2.48. The van der Waals surface area contributed by atoms with E-state index in [1.807, 2.05) is 0 Å². The Kier molecular flexibility index (Phi) is 3.21. The van der Waals surface area contributed by atoms with Gasteiger partial charge in [0.25, 0.3) is 0 Å². The highest BCUT2D eigenvalue weighted by Crippen LogP contribution is 2.36. The van der Waals surface area contributed by atoms with Crippen LogP contribution in [0.4, 0.5) is 0 Å². The van der Waals surface area contributed by atoms with Gasteiger partial charge in [-0.15, -0.1) is 0 Å². The molecule has 0 unspecified atom stereocenters. The smallest absolute Gasteiger partial charge is 0.214 e. The molecule has 0 spiro atoms. The minimum Gasteiger partial charge on any atom is -0.503 e. The van der Waals surface area contributed by atoms with Crippen LogP contribution in [0.15, 0.2) is 6.08 Å². The molecule has 0 saturated carbocycles. The van der Waals surface area contributed by atoms with Gasteiger partial charge in [0, 0.05) is 0 Å². The van der Waals surface area contributed by atoms with E-state index < -0.39 is 0 Å². The van der Waals surface area contributed by atoms with Gasteiger partial charge in [-0.25, -0.2) is 0 Å². The zero-order valence-electron chi connectivity index (χ0n) is 7.61. The Bertz CT molecular complexity index is 344. The number of rotatable bonds is 3. The molecule has 0 aliphatic rings. The molecule has 0 aliphatic heterocycles. The molecule has 0 fully saturated rings. The molecule has 0 heterocycles. The molecule has 0 saturated heterocycles. The molecule has 4 nitrogen and oxygen atoms in total. The van der Waals surface area contributed by atoms with Crippen molar-refractivity contribution in [2.24, 2.45) is 0 Å². The van der Waals surface area contributed by atoms with Crippen LogP contribution in [0, 0.1) is 12.1 Å². The molecule has 0 radical (unpaired) electrons. The zero-order valence-corrected chi connectivity index (χ0v) is 7.61. The number of methoxy groups -OCH3 is 1. The Balaban J connectivity index is 3.14. The Morgan fingerprint density at radius 3 is 2.64 bits per heavy atom. The minimum atomic E-state index is -0.300. The highest BCUT2D eigenvalue weighted by Gasteiger charge is 2.09. The summed E-state index contributed by atoms with van der Waals surface area (Å²) in [5, 5.41) is 27.2. The summed E-state index contributed by atoms with van der Waals surface area (Å²) in [6, 6.07) is 4.89.